The number of nitrogens with zero attached hydrogens (tertiary/aromatic N) is 3. The van der Waals surface area contributed by atoms with Crippen molar-refractivity contribution in [2.75, 3.05) is 11.1 Å². The van der Waals surface area contributed by atoms with Crippen LogP contribution >= 0.6 is 11.3 Å². The first-order valence-electron chi connectivity index (χ1n) is 5.54. The molecular formula is C12H13N5S. The maximum absolute atomic E-state index is 5.99. The highest BCUT2D eigenvalue weighted by molar-refractivity contribution is 7.16. The summed E-state index contributed by atoms with van der Waals surface area (Å²) in [5.74, 6) is 0.816. The lowest BCUT2D eigenvalue weighted by Gasteiger charge is -2.07. The van der Waals surface area contributed by atoms with Crippen molar-refractivity contribution in [2.24, 2.45) is 7.05 Å². The van der Waals surface area contributed by atoms with Gasteiger partial charge < -0.3 is 11.1 Å². The number of thiazole rings is 1. The summed E-state index contributed by atoms with van der Waals surface area (Å²) < 4.78 is 2.90. The van der Waals surface area contributed by atoms with E-state index in [1.165, 1.54) is 0 Å². The topological polar surface area (TPSA) is 68.8 Å². The van der Waals surface area contributed by atoms with Gasteiger partial charge in [0.1, 0.15) is 0 Å². The molecule has 0 aliphatic carbocycles. The summed E-state index contributed by atoms with van der Waals surface area (Å²) in [6.07, 6.45) is 0. The first-order chi connectivity index (χ1) is 8.65. The first kappa shape index (κ1) is 11.0. The van der Waals surface area contributed by atoms with E-state index >= 15 is 0 Å². The van der Waals surface area contributed by atoms with Crippen molar-refractivity contribution < 1.29 is 0 Å². The standard InChI is InChI=1S/C12H13N5S/c1-7-11(13)12(17(2)16-7)15-8-3-4-9-10(5-8)18-6-14-9/h3-6,15H,13H2,1-2H3. The third-order valence-corrected chi connectivity index (χ3v) is 3.65. The van der Waals surface area contributed by atoms with Crippen molar-refractivity contribution in [3.63, 3.8) is 0 Å². The van der Waals surface area contributed by atoms with Gasteiger partial charge in [-0.05, 0) is 25.1 Å². The van der Waals surface area contributed by atoms with E-state index in [9.17, 15) is 0 Å². The Morgan fingerprint density at radius 3 is 2.94 bits per heavy atom. The molecule has 0 saturated carbocycles. The Morgan fingerprint density at radius 2 is 2.22 bits per heavy atom. The lowest BCUT2D eigenvalue weighted by molar-refractivity contribution is 0.765. The molecule has 0 aliphatic heterocycles. The molecule has 0 unspecified atom stereocenters. The lowest BCUT2D eigenvalue weighted by atomic mass is 10.3. The molecule has 0 saturated heterocycles. The molecule has 5 nitrogen and oxygen atoms in total. The van der Waals surface area contributed by atoms with E-state index in [1.807, 2.05) is 31.6 Å². The molecule has 3 aromatic rings. The van der Waals surface area contributed by atoms with Crippen LogP contribution in [0.25, 0.3) is 10.2 Å². The Labute approximate surface area is 108 Å². The van der Waals surface area contributed by atoms with Gasteiger partial charge in [-0.2, -0.15) is 5.10 Å². The summed E-state index contributed by atoms with van der Waals surface area (Å²) in [5, 5.41) is 7.58. The van der Waals surface area contributed by atoms with E-state index in [-0.39, 0.29) is 0 Å². The molecule has 3 rings (SSSR count). The van der Waals surface area contributed by atoms with Crippen LogP contribution in [0.5, 0.6) is 0 Å². The predicted octanol–water partition coefficient (Wildman–Crippen LogP) is 2.66. The SMILES string of the molecule is Cc1nn(C)c(Nc2ccc3ncsc3c2)c1N. The van der Waals surface area contributed by atoms with Crippen LogP contribution in [0.4, 0.5) is 17.2 Å². The van der Waals surface area contributed by atoms with Gasteiger partial charge in [-0.15, -0.1) is 11.3 Å². The number of nitrogen functional groups attached to an aromatic ring is 1. The van der Waals surface area contributed by atoms with Gasteiger partial charge in [0.25, 0.3) is 0 Å². The van der Waals surface area contributed by atoms with Crippen molar-refractivity contribution in [3.8, 4) is 0 Å². The van der Waals surface area contributed by atoms with Crippen LogP contribution in [-0.4, -0.2) is 14.8 Å². The molecule has 3 N–H and O–H groups in total. The average Bonchev–Trinajstić information content (AvgIpc) is 2.89. The highest BCUT2D eigenvalue weighted by Crippen LogP contribution is 2.28. The number of nitrogens with one attached hydrogen (secondary N) is 1. The predicted molar refractivity (Wildman–Crippen MR) is 75.3 cm³/mol. The summed E-state index contributed by atoms with van der Waals surface area (Å²) >= 11 is 1.62. The number of fused-ring (bicyclic) bond motifs is 1. The van der Waals surface area contributed by atoms with Crippen molar-refractivity contribution >= 4 is 38.7 Å². The number of hydrogen-bond acceptors (Lipinski definition) is 5. The molecule has 1 aromatic carbocycles. The van der Waals surface area contributed by atoms with Crippen LogP contribution in [0.3, 0.4) is 0 Å². The number of hydrogen-bond donors (Lipinski definition) is 2. The zero-order valence-electron chi connectivity index (χ0n) is 10.1. The molecule has 0 atom stereocenters. The molecule has 0 radical (unpaired) electrons. The van der Waals surface area contributed by atoms with Crippen molar-refractivity contribution in [1.82, 2.24) is 14.8 Å². The minimum absolute atomic E-state index is 0.682. The van der Waals surface area contributed by atoms with Gasteiger partial charge in [-0.3, -0.25) is 4.68 Å². The molecule has 0 fully saturated rings. The number of anilines is 3. The highest BCUT2D eigenvalue weighted by Gasteiger charge is 2.10. The van der Waals surface area contributed by atoms with Crippen LogP contribution in [0.2, 0.25) is 0 Å². The second-order valence-electron chi connectivity index (χ2n) is 4.13. The molecular weight excluding hydrogens is 246 g/mol. The summed E-state index contributed by atoms with van der Waals surface area (Å²) in [6, 6.07) is 6.05. The molecule has 0 bridgehead atoms. The maximum Gasteiger partial charge on any atom is 0.152 e. The fourth-order valence-electron chi connectivity index (χ4n) is 1.89. The summed E-state index contributed by atoms with van der Waals surface area (Å²) in [7, 11) is 1.87. The molecule has 0 amide bonds. The molecule has 2 aromatic heterocycles. The number of aryl methyl sites for hydroxylation is 2. The van der Waals surface area contributed by atoms with E-state index in [2.05, 4.69) is 21.5 Å². The Kier molecular flexibility index (Phi) is 2.45. The van der Waals surface area contributed by atoms with Gasteiger partial charge in [0.2, 0.25) is 0 Å². The van der Waals surface area contributed by atoms with Gasteiger partial charge in [0.15, 0.2) is 5.82 Å². The normalized spacial score (nSPS) is 11.0. The summed E-state index contributed by atoms with van der Waals surface area (Å²) in [4.78, 5) is 4.25. The van der Waals surface area contributed by atoms with E-state index in [1.54, 1.807) is 16.0 Å². The van der Waals surface area contributed by atoms with Crippen molar-refractivity contribution in [3.05, 3.63) is 29.4 Å². The zero-order chi connectivity index (χ0) is 12.7. The number of nitrogens with two attached hydrogens (primary N) is 1. The Bertz CT molecular complexity index is 712. The molecule has 18 heavy (non-hydrogen) atoms. The van der Waals surface area contributed by atoms with Gasteiger partial charge in [-0.25, -0.2) is 4.98 Å². The Hall–Kier alpha value is -2.08. The highest BCUT2D eigenvalue weighted by atomic mass is 32.1. The third kappa shape index (κ3) is 1.70. The molecule has 0 spiro atoms. The quantitative estimate of drug-likeness (QED) is 0.742. The minimum atomic E-state index is 0.682. The number of benzene rings is 1. The lowest BCUT2D eigenvalue weighted by Crippen LogP contribution is -2.01. The third-order valence-electron chi connectivity index (χ3n) is 2.86. The minimum Gasteiger partial charge on any atom is -0.394 e. The smallest absolute Gasteiger partial charge is 0.152 e. The van der Waals surface area contributed by atoms with E-state index in [4.69, 9.17) is 5.73 Å². The van der Waals surface area contributed by atoms with Gasteiger partial charge in [0.05, 0.1) is 27.1 Å². The van der Waals surface area contributed by atoms with Crippen LogP contribution in [-0.2, 0) is 7.05 Å². The number of aromatic nitrogens is 3. The Morgan fingerprint density at radius 1 is 1.39 bits per heavy atom. The fraction of sp³-hybridized carbons (Fsp3) is 0.167. The molecule has 6 heteroatoms. The fourth-order valence-corrected chi connectivity index (χ4v) is 2.61. The second-order valence-corrected chi connectivity index (χ2v) is 5.02. The summed E-state index contributed by atoms with van der Waals surface area (Å²) in [5.41, 5.74) is 11.3. The largest absolute Gasteiger partial charge is 0.394 e. The van der Waals surface area contributed by atoms with Crippen LogP contribution in [0.1, 0.15) is 5.69 Å². The summed E-state index contributed by atoms with van der Waals surface area (Å²) in [6.45, 7) is 1.90. The van der Waals surface area contributed by atoms with Gasteiger partial charge >= 0.3 is 0 Å². The number of rotatable bonds is 2. The van der Waals surface area contributed by atoms with E-state index in [0.717, 1.165) is 27.4 Å². The van der Waals surface area contributed by atoms with Crippen LogP contribution < -0.4 is 11.1 Å². The van der Waals surface area contributed by atoms with Gasteiger partial charge in [0, 0.05) is 12.7 Å². The molecule has 92 valence electrons. The van der Waals surface area contributed by atoms with Gasteiger partial charge in [-0.1, -0.05) is 0 Å². The van der Waals surface area contributed by atoms with E-state index in [0.29, 0.717) is 5.69 Å². The van der Waals surface area contributed by atoms with Crippen molar-refractivity contribution in [2.45, 2.75) is 6.92 Å². The maximum atomic E-state index is 5.99. The van der Waals surface area contributed by atoms with Crippen LogP contribution in [0.15, 0.2) is 23.7 Å². The van der Waals surface area contributed by atoms with Crippen molar-refractivity contribution in [1.29, 1.82) is 0 Å². The van der Waals surface area contributed by atoms with Crippen LogP contribution in [0, 0.1) is 6.92 Å². The first-order valence-corrected chi connectivity index (χ1v) is 6.42. The molecule has 0 aliphatic rings. The zero-order valence-corrected chi connectivity index (χ0v) is 11.0. The second kappa shape index (κ2) is 3.99. The molecule has 2 heterocycles. The average molecular weight is 259 g/mol. The Balaban J connectivity index is 2.00. The monoisotopic (exact) mass is 259 g/mol. The van der Waals surface area contributed by atoms with E-state index < -0.39 is 0 Å².